The van der Waals surface area contributed by atoms with E-state index < -0.39 is 0 Å². The summed E-state index contributed by atoms with van der Waals surface area (Å²) < 4.78 is 10.6. The molecule has 0 heterocycles. The van der Waals surface area contributed by atoms with Crippen LogP contribution in [0.4, 0.5) is 0 Å². The Kier molecular flexibility index (Phi) is 5.37. The molecular formula is C19H20O3. The van der Waals surface area contributed by atoms with Crippen molar-refractivity contribution in [2.24, 2.45) is 0 Å². The molecule has 0 saturated carbocycles. The summed E-state index contributed by atoms with van der Waals surface area (Å²) in [4.78, 5) is 11.4. The number of esters is 1. The Labute approximate surface area is 131 Å². The van der Waals surface area contributed by atoms with E-state index in [0.29, 0.717) is 6.61 Å². The van der Waals surface area contributed by atoms with Crippen LogP contribution in [0.5, 0.6) is 5.75 Å². The predicted octanol–water partition coefficient (Wildman–Crippen LogP) is 4.15. The minimum absolute atomic E-state index is 0.355. The van der Waals surface area contributed by atoms with Gasteiger partial charge in [-0.3, -0.25) is 0 Å². The first kappa shape index (κ1) is 15.8. The number of aryl methyl sites for hydroxylation is 1. The van der Waals surface area contributed by atoms with Crippen LogP contribution in [-0.4, -0.2) is 13.1 Å². The summed E-state index contributed by atoms with van der Waals surface area (Å²) in [5.74, 6) is 0.513. The number of allylic oxidation sites excluding steroid dienone is 1. The third-order valence-electron chi connectivity index (χ3n) is 3.45. The fourth-order valence-electron chi connectivity index (χ4n) is 2.22. The zero-order valence-electron chi connectivity index (χ0n) is 13.1. The van der Waals surface area contributed by atoms with E-state index >= 15 is 0 Å². The molecule has 0 aliphatic carbocycles. The Bertz CT molecular complexity index is 687. The molecule has 0 saturated heterocycles. The molecule has 2 aromatic carbocycles. The van der Waals surface area contributed by atoms with Crippen LogP contribution in [-0.2, 0) is 16.1 Å². The SMILES string of the molecule is COC(=O)/C=C(/C)c1ccccc1COc1ccccc1C. The third-order valence-corrected chi connectivity index (χ3v) is 3.45. The second-order valence-electron chi connectivity index (χ2n) is 5.06. The van der Waals surface area contributed by atoms with Crippen molar-refractivity contribution in [3.63, 3.8) is 0 Å². The normalized spacial score (nSPS) is 11.1. The van der Waals surface area contributed by atoms with E-state index in [1.54, 1.807) is 0 Å². The van der Waals surface area contributed by atoms with Crippen LogP contribution in [0.25, 0.3) is 5.57 Å². The predicted molar refractivity (Wildman–Crippen MR) is 87.6 cm³/mol. The summed E-state index contributed by atoms with van der Waals surface area (Å²) in [5.41, 5.74) is 3.97. The van der Waals surface area contributed by atoms with Gasteiger partial charge in [0.1, 0.15) is 12.4 Å². The van der Waals surface area contributed by atoms with Gasteiger partial charge in [-0.25, -0.2) is 4.79 Å². The quantitative estimate of drug-likeness (QED) is 0.614. The number of hydrogen-bond donors (Lipinski definition) is 0. The first-order valence-corrected chi connectivity index (χ1v) is 7.14. The van der Waals surface area contributed by atoms with Crippen molar-refractivity contribution in [2.45, 2.75) is 20.5 Å². The number of carbonyl (C=O) groups is 1. The van der Waals surface area contributed by atoms with E-state index in [0.717, 1.165) is 28.0 Å². The average Bonchev–Trinajstić information content (AvgIpc) is 2.54. The standard InChI is InChI=1S/C19H20O3/c1-14-8-4-7-11-18(14)22-13-16-9-5-6-10-17(16)15(2)12-19(20)21-3/h4-12H,13H2,1-3H3/b15-12-. The molecule has 0 fully saturated rings. The molecule has 22 heavy (non-hydrogen) atoms. The molecule has 2 rings (SSSR count). The second-order valence-corrected chi connectivity index (χ2v) is 5.06. The molecular weight excluding hydrogens is 276 g/mol. The molecule has 3 heteroatoms. The van der Waals surface area contributed by atoms with Gasteiger partial charge < -0.3 is 9.47 Å². The summed E-state index contributed by atoms with van der Waals surface area (Å²) in [6.07, 6.45) is 1.49. The Morgan fingerprint density at radius 2 is 1.77 bits per heavy atom. The molecule has 0 aromatic heterocycles. The largest absolute Gasteiger partial charge is 0.489 e. The van der Waals surface area contributed by atoms with Gasteiger partial charge in [-0.05, 0) is 42.2 Å². The number of methoxy groups -OCH3 is 1. The summed E-state index contributed by atoms with van der Waals surface area (Å²) in [5, 5.41) is 0. The van der Waals surface area contributed by atoms with Gasteiger partial charge in [0.15, 0.2) is 0 Å². The topological polar surface area (TPSA) is 35.5 Å². The molecule has 114 valence electrons. The number of ether oxygens (including phenoxy) is 2. The molecule has 2 aromatic rings. The second kappa shape index (κ2) is 7.46. The van der Waals surface area contributed by atoms with Crippen LogP contribution < -0.4 is 4.74 Å². The van der Waals surface area contributed by atoms with Crippen LogP contribution in [0.2, 0.25) is 0 Å². The van der Waals surface area contributed by atoms with E-state index in [-0.39, 0.29) is 5.97 Å². The van der Waals surface area contributed by atoms with Crippen molar-refractivity contribution in [1.29, 1.82) is 0 Å². The highest BCUT2D eigenvalue weighted by Gasteiger charge is 2.07. The van der Waals surface area contributed by atoms with Gasteiger partial charge in [0.25, 0.3) is 0 Å². The van der Waals surface area contributed by atoms with E-state index in [1.807, 2.05) is 62.4 Å². The first-order chi connectivity index (χ1) is 10.6. The fraction of sp³-hybridized carbons (Fsp3) is 0.211. The molecule has 0 atom stereocenters. The van der Waals surface area contributed by atoms with Crippen LogP contribution >= 0.6 is 0 Å². The van der Waals surface area contributed by atoms with Crippen molar-refractivity contribution >= 4 is 11.5 Å². The lowest BCUT2D eigenvalue weighted by molar-refractivity contribution is -0.134. The highest BCUT2D eigenvalue weighted by Crippen LogP contribution is 2.22. The maximum absolute atomic E-state index is 11.4. The first-order valence-electron chi connectivity index (χ1n) is 7.14. The highest BCUT2D eigenvalue weighted by molar-refractivity contribution is 5.91. The molecule has 0 bridgehead atoms. The Balaban J connectivity index is 2.20. The van der Waals surface area contributed by atoms with Gasteiger partial charge in [0, 0.05) is 6.08 Å². The van der Waals surface area contributed by atoms with E-state index in [9.17, 15) is 4.79 Å². The van der Waals surface area contributed by atoms with Gasteiger partial charge >= 0.3 is 5.97 Å². The monoisotopic (exact) mass is 296 g/mol. The van der Waals surface area contributed by atoms with Crippen LogP contribution in [0.15, 0.2) is 54.6 Å². The Morgan fingerprint density at radius 3 is 2.50 bits per heavy atom. The lowest BCUT2D eigenvalue weighted by atomic mass is 10.0. The van der Waals surface area contributed by atoms with Crippen LogP contribution in [0, 0.1) is 6.92 Å². The lowest BCUT2D eigenvalue weighted by Crippen LogP contribution is -2.02. The molecule has 0 spiro atoms. The Morgan fingerprint density at radius 1 is 1.09 bits per heavy atom. The summed E-state index contributed by atoms with van der Waals surface area (Å²) in [6, 6.07) is 15.8. The highest BCUT2D eigenvalue weighted by atomic mass is 16.5. The summed E-state index contributed by atoms with van der Waals surface area (Å²) in [6.45, 7) is 4.36. The van der Waals surface area contributed by atoms with Crippen molar-refractivity contribution in [3.05, 3.63) is 71.3 Å². The fourth-order valence-corrected chi connectivity index (χ4v) is 2.22. The summed E-state index contributed by atoms with van der Waals surface area (Å²) in [7, 11) is 1.37. The van der Waals surface area contributed by atoms with Crippen molar-refractivity contribution in [2.75, 3.05) is 7.11 Å². The lowest BCUT2D eigenvalue weighted by Gasteiger charge is -2.13. The zero-order valence-corrected chi connectivity index (χ0v) is 13.1. The van der Waals surface area contributed by atoms with Gasteiger partial charge in [-0.2, -0.15) is 0 Å². The summed E-state index contributed by atoms with van der Waals surface area (Å²) >= 11 is 0. The van der Waals surface area contributed by atoms with E-state index in [1.165, 1.54) is 13.2 Å². The van der Waals surface area contributed by atoms with Gasteiger partial charge in [-0.15, -0.1) is 0 Å². The number of carbonyl (C=O) groups excluding carboxylic acids is 1. The minimum atomic E-state index is -0.355. The van der Waals surface area contributed by atoms with Gasteiger partial charge in [0.2, 0.25) is 0 Å². The zero-order chi connectivity index (χ0) is 15.9. The number of hydrogen-bond acceptors (Lipinski definition) is 3. The number of para-hydroxylation sites is 1. The maximum Gasteiger partial charge on any atom is 0.330 e. The smallest absolute Gasteiger partial charge is 0.330 e. The third kappa shape index (κ3) is 3.98. The Hall–Kier alpha value is -2.55. The molecule has 3 nitrogen and oxygen atoms in total. The number of rotatable bonds is 5. The van der Waals surface area contributed by atoms with E-state index in [4.69, 9.17) is 4.74 Å². The van der Waals surface area contributed by atoms with Gasteiger partial charge in [0.05, 0.1) is 7.11 Å². The minimum Gasteiger partial charge on any atom is -0.489 e. The van der Waals surface area contributed by atoms with Gasteiger partial charge in [-0.1, -0.05) is 42.5 Å². The van der Waals surface area contributed by atoms with Crippen LogP contribution in [0.3, 0.4) is 0 Å². The molecule has 0 aliphatic heterocycles. The maximum atomic E-state index is 11.4. The molecule has 0 unspecified atom stereocenters. The van der Waals surface area contributed by atoms with Crippen molar-refractivity contribution in [3.8, 4) is 5.75 Å². The molecule has 0 amide bonds. The molecule has 0 N–H and O–H groups in total. The van der Waals surface area contributed by atoms with Crippen LogP contribution in [0.1, 0.15) is 23.6 Å². The average molecular weight is 296 g/mol. The molecule has 0 aliphatic rings. The van der Waals surface area contributed by atoms with E-state index in [2.05, 4.69) is 4.74 Å². The van der Waals surface area contributed by atoms with Crippen molar-refractivity contribution in [1.82, 2.24) is 0 Å². The molecule has 0 radical (unpaired) electrons. The number of benzene rings is 2. The van der Waals surface area contributed by atoms with Crippen molar-refractivity contribution < 1.29 is 14.3 Å².